The maximum absolute atomic E-state index is 14.1. The maximum Gasteiger partial charge on any atom is 0.264 e. The highest BCUT2D eigenvalue weighted by molar-refractivity contribution is 7.92. The molecule has 1 unspecified atom stereocenters. The minimum Gasteiger partial charge on any atom is -0.354 e. The molecule has 3 aromatic carbocycles. The van der Waals surface area contributed by atoms with Gasteiger partial charge in [-0.1, -0.05) is 85.9 Å². The zero-order chi connectivity index (χ0) is 29.4. The van der Waals surface area contributed by atoms with Gasteiger partial charge in [0.15, 0.2) is 0 Å². The topological polar surface area (TPSA) is 86.8 Å². The van der Waals surface area contributed by atoms with Crippen molar-refractivity contribution in [3.05, 3.63) is 94.0 Å². The Balaban J connectivity index is 2.07. The number of benzene rings is 3. The summed E-state index contributed by atoms with van der Waals surface area (Å²) < 4.78 is 28.7. The summed E-state index contributed by atoms with van der Waals surface area (Å²) in [4.78, 5) is 28.8. The number of carbonyl (C=O) groups excluding carboxylic acids is 2. The van der Waals surface area contributed by atoms with Crippen LogP contribution in [0.15, 0.2) is 77.7 Å². The summed E-state index contributed by atoms with van der Waals surface area (Å²) in [7, 11) is -4.13. The van der Waals surface area contributed by atoms with Crippen molar-refractivity contribution in [1.82, 2.24) is 10.2 Å². The van der Waals surface area contributed by atoms with E-state index in [9.17, 15) is 18.0 Å². The fraction of sp³-hybridized carbons (Fsp3) is 0.333. The molecule has 0 saturated heterocycles. The Morgan fingerprint density at radius 2 is 1.50 bits per heavy atom. The lowest BCUT2D eigenvalue weighted by molar-refractivity contribution is -0.140. The van der Waals surface area contributed by atoms with Gasteiger partial charge in [0.1, 0.15) is 12.6 Å². The van der Waals surface area contributed by atoms with E-state index < -0.39 is 28.5 Å². The van der Waals surface area contributed by atoms with Gasteiger partial charge in [-0.3, -0.25) is 13.9 Å². The van der Waals surface area contributed by atoms with Crippen LogP contribution in [-0.2, 0) is 26.2 Å². The summed E-state index contributed by atoms with van der Waals surface area (Å²) in [6.45, 7) is 7.47. The van der Waals surface area contributed by atoms with Gasteiger partial charge < -0.3 is 10.2 Å². The van der Waals surface area contributed by atoms with Gasteiger partial charge in [0.2, 0.25) is 11.8 Å². The van der Waals surface area contributed by atoms with Gasteiger partial charge in [-0.25, -0.2) is 8.42 Å². The summed E-state index contributed by atoms with van der Waals surface area (Å²) in [5.41, 5.74) is 1.74. The lowest BCUT2D eigenvalue weighted by atomic mass is 10.1. The van der Waals surface area contributed by atoms with Gasteiger partial charge in [-0.05, 0) is 55.7 Å². The second kappa shape index (κ2) is 14.0. The number of amides is 2. The molecule has 214 valence electrons. The van der Waals surface area contributed by atoms with Crippen molar-refractivity contribution < 1.29 is 18.0 Å². The smallest absolute Gasteiger partial charge is 0.264 e. The van der Waals surface area contributed by atoms with Gasteiger partial charge in [0.25, 0.3) is 10.0 Å². The van der Waals surface area contributed by atoms with Crippen LogP contribution in [0.3, 0.4) is 0 Å². The second-order valence-corrected chi connectivity index (χ2v) is 12.6. The first kappa shape index (κ1) is 31.5. The van der Waals surface area contributed by atoms with Crippen LogP contribution >= 0.6 is 23.2 Å². The number of aryl methyl sites for hydroxylation is 1. The molecule has 0 heterocycles. The van der Waals surface area contributed by atoms with Crippen LogP contribution in [0.25, 0.3) is 0 Å². The summed E-state index contributed by atoms with van der Waals surface area (Å²) in [5, 5.41) is 3.59. The molecular formula is C30H35Cl2N3O4S. The molecule has 0 spiro atoms. The van der Waals surface area contributed by atoms with Crippen molar-refractivity contribution in [2.75, 3.05) is 17.4 Å². The minimum atomic E-state index is -4.13. The first-order chi connectivity index (χ1) is 18.9. The number of nitrogens with zero attached hydrogens (tertiary/aromatic N) is 2. The third-order valence-corrected chi connectivity index (χ3v) is 8.89. The van der Waals surface area contributed by atoms with Crippen molar-refractivity contribution in [3.8, 4) is 0 Å². The Hall–Kier alpha value is -3.07. The van der Waals surface area contributed by atoms with E-state index in [1.807, 2.05) is 20.8 Å². The van der Waals surface area contributed by atoms with Crippen LogP contribution in [0.5, 0.6) is 0 Å². The molecular weight excluding hydrogens is 569 g/mol. The fourth-order valence-electron chi connectivity index (χ4n) is 4.16. The largest absolute Gasteiger partial charge is 0.354 e. The highest BCUT2D eigenvalue weighted by Crippen LogP contribution is 2.29. The van der Waals surface area contributed by atoms with E-state index >= 15 is 0 Å². The third kappa shape index (κ3) is 7.77. The molecule has 1 atom stereocenters. The molecule has 0 radical (unpaired) electrons. The normalized spacial score (nSPS) is 12.2. The van der Waals surface area contributed by atoms with Crippen molar-refractivity contribution in [2.24, 2.45) is 5.92 Å². The molecule has 0 aliphatic rings. The number of hydrogen-bond acceptors (Lipinski definition) is 4. The predicted molar refractivity (Wildman–Crippen MR) is 161 cm³/mol. The molecule has 3 rings (SSSR count). The number of halogens is 2. The highest BCUT2D eigenvalue weighted by Gasteiger charge is 2.34. The zero-order valence-electron chi connectivity index (χ0n) is 23.1. The number of sulfonamides is 1. The van der Waals surface area contributed by atoms with Gasteiger partial charge in [0.05, 0.1) is 10.6 Å². The minimum absolute atomic E-state index is 0.0470. The van der Waals surface area contributed by atoms with Crippen LogP contribution in [-0.4, -0.2) is 44.3 Å². The lowest BCUT2D eigenvalue weighted by Gasteiger charge is -2.33. The molecule has 7 nitrogen and oxygen atoms in total. The Bertz CT molecular complexity index is 1390. The average molecular weight is 605 g/mol. The van der Waals surface area contributed by atoms with Gasteiger partial charge in [0, 0.05) is 28.7 Å². The standard InChI is InChI=1S/C30H35Cl2N3O4S/c1-5-28(30(37)33-18-21(2)3)34(19-25-26(31)12-9-13-27(25)32)29(36)20-35(23-16-14-22(4)15-17-23)40(38,39)24-10-7-6-8-11-24/h6-17,21,28H,5,18-20H2,1-4H3,(H,33,37). The molecule has 0 aliphatic carbocycles. The van der Waals surface area contributed by atoms with Crippen LogP contribution in [0.4, 0.5) is 5.69 Å². The number of nitrogens with one attached hydrogen (secondary N) is 1. The van der Waals surface area contributed by atoms with Crippen LogP contribution in [0.2, 0.25) is 10.0 Å². The molecule has 0 saturated carbocycles. The average Bonchev–Trinajstić information content (AvgIpc) is 2.92. The van der Waals surface area contributed by atoms with Crippen molar-refractivity contribution in [1.29, 1.82) is 0 Å². The van der Waals surface area contributed by atoms with Gasteiger partial charge >= 0.3 is 0 Å². The lowest BCUT2D eigenvalue weighted by Crippen LogP contribution is -2.52. The summed E-state index contributed by atoms with van der Waals surface area (Å²) in [6.07, 6.45) is 0.299. The number of rotatable bonds is 12. The quantitative estimate of drug-likeness (QED) is 0.272. The first-order valence-corrected chi connectivity index (χ1v) is 15.3. The maximum atomic E-state index is 14.1. The summed E-state index contributed by atoms with van der Waals surface area (Å²) >= 11 is 12.9. The second-order valence-electron chi connectivity index (χ2n) is 9.95. The van der Waals surface area contributed by atoms with Crippen molar-refractivity contribution in [3.63, 3.8) is 0 Å². The van der Waals surface area contributed by atoms with E-state index in [4.69, 9.17) is 23.2 Å². The van der Waals surface area contributed by atoms with E-state index in [1.54, 1.807) is 67.6 Å². The predicted octanol–water partition coefficient (Wildman–Crippen LogP) is 6.08. The third-order valence-electron chi connectivity index (χ3n) is 6.39. The SMILES string of the molecule is CCC(C(=O)NCC(C)C)N(Cc1c(Cl)cccc1Cl)C(=O)CN(c1ccc(C)cc1)S(=O)(=O)c1ccccc1. The molecule has 0 aromatic heterocycles. The van der Waals surface area contributed by atoms with Gasteiger partial charge in [-0.2, -0.15) is 0 Å². The molecule has 0 fully saturated rings. The zero-order valence-corrected chi connectivity index (χ0v) is 25.4. The van der Waals surface area contributed by atoms with E-state index in [2.05, 4.69) is 5.32 Å². The number of hydrogen-bond donors (Lipinski definition) is 1. The number of carbonyl (C=O) groups is 2. The Kier molecular flexibility index (Phi) is 11.0. The van der Waals surface area contributed by atoms with E-state index in [-0.39, 0.29) is 23.3 Å². The molecule has 0 bridgehead atoms. The summed E-state index contributed by atoms with van der Waals surface area (Å²) in [5.74, 6) is -0.695. The molecule has 1 N–H and O–H groups in total. The van der Waals surface area contributed by atoms with Crippen LogP contribution in [0, 0.1) is 12.8 Å². The van der Waals surface area contributed by atoms with Crippen molar-refractivity contribution >= 4 is 50.7 Å². The molecule has 0 aliphatic heterocycles. The Morgan fingerprint density at radius 3 is 2.05 bits per heavy atom. The highest BCUT2D eigenvalue weighted by atomic mass is 35.5. The summed E-state index contributed by atoms with van der Waals surface area (Å²) in [6, 6.07) is 18.9. The van der Waals surface area contributed by atoms with Crippen molar-refractivity contribution in [2.45, 2.75) is 51.6 Å². The molecule has 2 amide bonds. The van der Waals surface area contributed by atoms with Crippen LogP contribution in [0.1, 0.15) is 38.3 Å². The van der Waals surface area contributed by atoms with E-state index in [0.717, 1.165) is 9.87 Å². The molecule has 10 heteroatoms. The first-order valence-electron chi connectivity index (χ1n) is 13.1. The molecule has 3 aromatic rings. The Labute approximate surface area is 247 Å². The van der Waals surface area contributed by atoms with E-state index in [1.165, 1.54) is 17.0 Å². The van der Waals surface area contributed by atoms with Crippen LogP contribution < -0.4 is 9.62 Å². The number of anilines is 1. The van der Waals surface area contributed by atoms with Gasteiger partial charge in [-0.15, -0.1) is 0 Å². The fourth-order valence-corrected chi connectivity index (χ4v) is 6.11. The van der Waals surface area contributed by atoms with E-state index in [0.29, 0.717) is 34.3 Å². The molecule has 40 heavy (non-hydrogen) atoms. The Morgan fingerprint density at radius 1 is 0.900 bits per heavy atom. The monoisotopic (exact) mass is 603 g/mol.